The summed E-state index contributed by atoms with van der Waals surface area (Å²) in [6, 6.07) is 3.78. The molecule has 0 saturated carbocycles. The van der Waals surface area contributed by atoms with Crippen LogP contribution in [0.15, 0.2) is 18.3 Å². The number of nitrogens with two attached hydrogens (primary N) is 1. The molecule has 0 radical (unpaired) electrons. The number of thioether (sulfide) groups is 1. The van der Waals surface area contributed by atoms with Crippen molar-refractivity contribution in [3.05, 3.63) is 18.3 Å². The van der Waals surface area contributed by atoms with Crippen LogP contribution in [0, 0.1) is 0 Å². The van der Waals surface area contributed by atoms with Crippen LogP contribution >= 0.6 is 11.8 Å². The lowest BCUT2D eigenvalue weighted by atomic mass is 10.2. The van der Waals surface area contributed by atoms with E-state index in [-0.39, 0.29) is 0 Å². The van der Waals surface area contributed by atoms with E-state index < -0.39 is 0 Å². The van der Waals surface area contributed by atoms with Gasteiger partial charge in [-0.25, -0.2) is 4.98 Å². The minimum absolute atomic E-state index is 0.709. The van der Waals surface area contributed by atoms with Crippen molar-refractivity contribution in [3.8, 4) is 0 Å². The fourth-order valence-corrected chi connectivity index (χ4v) is 1.77. The first-order valence-corrected chi connectivity index (χ1v) is 6.66. The predicted molar refractivity (Wildman–Crippen MR) is 69.4 cm³/mol. The van der Waals surface area contributed by atoms with Crippen LogP contribution < -0.4 is 11.1 Å². The van der Waals surface area contributed by atoms with Gasteiger partial charge in [0.25, 0.3) is 0 Å². The Kier molecular flexibility index (Phi) is 6.00. The van der Waals surface area contributed by atoms with Gasteiger partial charge in [-0.1, -0.05) is 6.42 Å². The largest absolute Gasteiger partial charge is 0.397 e. The van der Waals surface area contributed by atoms with E-state index >= 15 is 0 Å². The molecule has 0 aliphatic heterocycles. The van der Waals surface area contributed by atoms with Crippen molar-refractivity contribution in [2.24, 2.45) is 0 Å². The van der Waals surface area contributed by atoms with E-state index in [4.69, 9.17) is 5.73 Å². The summed E-state index contributed by atoms with van der Waals surface area (Å²) in [6.45, 7) is 0.991. The maximum atomic E-state index is 5.54. The Bertz CT molecular complexity index is 261. The molecule has 3 N–H and O–H groups in total. The number of hydrogen-bond acceptors (Lipinski definition) is 4. The average molecular weight is 225 g/mol. The SMILES string of the molecule is CSCCCCCNc1ccc(N)cn1. The zero-order valence-electron chi connectivity index (χ0n) is 9.20. The van der Waals surface area contributed by atoms with Crippen LogP contribution in [0.3, 0.4) is 0 Å². The molecule has 3 nitrogen and oxygen atoms in total. The van der Waals surface area contributed by atoms with Crippen molar-refractivity contribution in [1.82, 2.24) is 4.98 Å². The monoisotopic (exact) mass is 225 g/mol. The molecule has 0 aliphatic carbocycles. The second-order valence-corrected chi connectivity index (χ2v) is 4.44. The van der Waals surface area contributed by atoms with Gasteiger partial charge in [0.2, 0.25) is 0 Å². The van der Waals surface area contributed by atoms with E-state index in [1.165, 1.54) is 25.0 Å². The number of nitrogen functional groups attached to an aromatic ring is 1. The number of pyridine rings is 1. The van der Waals surface area contributed by atoms with Crippen LogP contribution in [0.4, 0.5) is 11.5 Å². The molecule has 1 heterocycles. The Morgan fingerprint density at radius 3 is 2.87 bits per heavy atom. The summed E-state index contributed by atoms with van der Waals surface area (Å²) in [5.74, 6) is 2.18. The summed E-state index contributed by atoms with van der Waals surface area (Å²) in [5.41, 5.74) is 6.25. The van der Waals surface area contributed by atoms with E-state index in [0.717, 1.165) is 12.4 Å². The van der Waals surface area contributed by atoms with Crippen LogP contribution in [0.5, 0.6) is 0 Å². The number of hydrogen-bond donors (Lipinski definition) is 2. The molecule has 0 fully saturated rings. The molecule has 1 rings (SSSR count). The highest BCUT2D eigenvalue weighted by Crippen LogP contribution is 2.07. The smallest absolute Gasteiger partial charge is 0.126 e. The van der Waals surface area contributed by atoms with E-state index in [0.29, 0.717) is 5.69 Å². The first kappa shape index (κ1) is 12.2. The van der Waals surface area contributed by atoms with E-state index in [1.54, 1.807) is 6.20 Å². The van der Waals surface area contributed by atoms with Crippen LogP contribution in [0.1, 0.15) is 19.3 Å². The third-order valence-electron chi connectivity index (χ3n) is 2.12. The fraction of sp³-hybridized carbons (Fsp3) is 0.545. The lowest BCUT2D eigenvalue weighted by Gasteiger charge is -2.05. The molecule has 0 bridgehead atoms. The Hall–Kier alpha value is -0.900. The van der Waals surface area contributed by atoms with Crippen molar-refractivity contribution in [3.63, 3.8) is 0 Å². The molecular weight excluding hydrogens is 206 g/mol. The zero-order chi connectivity index (χ0) is 10.9. The summed E-state index contributed by atoms with van der Waals surface area (Å²) in [7, 11) is 0. The second kappa shape index (κ2) is 7.40. The van der Waals surface area contributed by atoms with Gasteiger partial charge in [0.05, 0.1) is 11.9 Å². The molecule has 0 aliphatic rings. The highest BCUT2D eigenvalue weighted by atomic mass is 32.2. The van der Waals surface area contributed by atoms with E-state index in [1.807, 2.05) is 23.9 Å². The average Bonchev–Trinajstić information content (AvgIpc) is 2.26. The summed E-state index contributed by atoms with van der Waals surface area (Å²) in [5, 5.41) is 3.28. The third-order valence-corrected chi connectivity index (χ3v) is 2.81. The number of nitrogens with zero attached hydrogens (tertiary/aromatic N) is 1. The molecule has 84 valence electrons. The summed E-state index contributed by atoms with van der Waals surface area (Å²) < 4.78 is 0. The van der Waals surface area contributed by atoms with Crippen LogP contribution in [0.25, 0.3) is 0 Å². The molecule has 15 heavy (non-hydrogen) atoms. The third kappa shape index (κ3) is 5.52. The minimum Gasteiger partial charge on any atom is -0.397 e. The highest BCUT2D eigenvalue weighted by Gasteiger charge is 1.93. The van der Waals surface area contributed by atoms with Crippen molar-refractivity contribution >= 4 is 23.3 Å². The zero-order valence-corrected chi connectivity index (χ0v) is 10.0. The van der Waals surface area contributed by atoms with Crippen molar-refractivity contribution in [1.29, 1.82) is 0 Å². The van der Waals surface area contributed by atoms with Crippen molar-refractivity contribution in [2.75, 3.05) is 29.6 Å². The lowest BCUT2D eigenvalue weighted by Crippen LogP contribution is -2.03. The number of nitrogens with one attached hydrogen (secondary N) is 1. The molecular formula is C11H19N3S. The van der Waals surface area contributed by atoms with Crippen LogP contribution in [-0.4, -0.2) is 23.5 Å². The standard InChI is InChI=1S/C11H19N3S/c1-15-8-4-2-3-7-13-11-6-5-10(12)9-14-11/h5-6,9H,2-4,7-8,12H2,1H3,(H,13,14). The summed E-state index contributed by atoms with van der Waals surface area (Å²) in [4.78, 5) is 4.17. The highest BCUT2D eigenvalue weighted by molar-refractivity contribution is 7.98. The summed E-state index contributed by atoms with van der Waals surface area (Å²) in [6.07, 6.45) is 7.61. The van der Waals surface area contributed by atoms with Gasteiger partial charge in [0.15, 0.2) is 0 Å². The minimum atomic E-state index is 0.709. The van der Waals surface area contributed by atoms with Gasteiger partial charge in [0, 0.05) is 6.54 Å². The Balaban J connectivity index is 2.07. The number of rotatable bonds is 7. The van der Waals surface area contributed by atoms with Crippen LogP contribution in [0.2, 0.25) is 0 Å². The maximum Gasteiger partial charge on any atom is 0.126 e. The summed E-state index contributed by atoms with van der Waals surface area (Å²) >= 11 is 1.91. The molecule has 4 heteroatoms. The van der Waals surface area contributed by atoms with E-state index in [9.17, 15) is 0 Å². The Morgan fingerprint density at radius 2 is 2.20 bits per heavy atom. The van der Waals surface area contributed by atoms with Gasteiger partial charge in [-0.2, -0.15) is 11.8 Å². The number of unbranched alkanes of at least 4 members (excludes halogenated alkanes) is 2. The molecule has 0 saturated heterocycles. The Labute approximate surface area is 95.9 Å². The molecule has 0 aromatic carbocycles. The molecule has 0 atom stereocenters. The van der Waals surface area contributed by atoms with Gasteiger partial charge in [0.1, 0.15) is 5.82 Å². The van der Waals surface area contributed by atoms with Gasteiger partial charge >= 0.3 is 0 Å². The van der Waals surface area contributed by atoms with Crippen molar-refractivity contribution in [2.45, 2.75) is 19.3 Å². The van der Waals surface area contributed by atoms with Gasteiger partial charge in [-0.05, 0) is 37.0 Å². The van der Waals surface area contributed by atoms with Crippen molar-refractivity contribution < 1.29 is 0 Å². The second-order valence-electron chi connectivity index (χ2n) is 3.46. The fourth-order valence-electron chi connectivity index (χ4n) is 1.27. The Morgan fingerprint density at radius 1 is 1.33 bits per heavy atom. The van der Waals surface area contributed by atoms with Gasteiger partial charge < -0.3 is 11.1 Å². The van der Waals surface area contributed by atoms with Gasteiger partial charge in [-0.3, -0.25) is 0 Å². The maximum absolute atomic E-state index is 5.54. The first-order chi connectivity index (χ1) is 7.33. The van der Waals surface area contributed by atoms with Gasteiger partial charge in [-0.15, -0.1) is 0 Å². The molecule has 0 spiro atoms. The normalized spacial score (nSPS) is 10.2. The number of anilines is 2. The quantitative estimate of drug-likeness (QED) is 0.700. The van der Waals surface area contributed by atoms with Crippen LogP contribution in [-0.2, 0) is 0 Å². The lowest BCUT2D eigenvalue weighted by molar-refractivity contribution is 0.748. The predicted octanol–water partition coefficient (Wildman–Crippen LogP) is 2.61. The number of aromatic nitrogens is 1. The topological polar surface area (TPSA) is 50.9 Å². The van der Waals surface area contributed by atoms with E-state index in [2.05, 4.69) is 16.6 Å². The molecule has 0 unspecified atom stereocenters. The first-order valence-electron chi connectivity index (χ1n) is 5.27. The molecule has 1 aromatic rings. The molecule has 1 aromatic heterocycles. The molecule has 0 amide bonds.